The number of aliphatic hydroxyl groups excluding tert-OH is 4. The van der Waals surface area contributed by atoms with Gasteiger partial charge in [0.15, 0.2) is 12.4 Å². The Morgan fingerprint density at radius 2 is 1.67 bits per heavy atom. The van der Waals surface area contributed by atoms with E-state index in [-0.39, 0.29) is 17.0 Å². The average molecular weight is 289 g/mol. The third-order valence-electron chi connectivity index (χ3n) is 2.02. The van der Waals surface area contributed by atoms with Gasteiger partial charge in [-0.25, -0.2) is 4.79 Å². The van der Waals surface area contributed by atoms with Gasteiger partial charge in [0, 0.05) is 0 Å². The summed E-state index contributed by atoms with van der Waals surface area (Å²) in [5.74, 6) is -0.928. The summed E-state index contributed by atoms with van der Waals surface area (Å²) in [6, 6.07) is 0. The lowest BCUT2D eigenvalue weighted by Crippen LogP contribution is -2.59. The first-order valence-corrected chi connectivity index (χ1v) is 3.94. The average Bonchev–Trinajstić information content (AvgIpc) is 2.19. The fraction of sp³-hybridized carbons (Fsp3) is 0.857. The van der Waals surface area contributed by atoms with Crippen LogP contribution in [0.25, 0.3) is 0 Å². The van der Waals surface area contributed by atoms with E-state index in [9.17, 15) is 15.0 Å². The molecule has 0 saturated carbocycles. The number of hydrogen-bond acceptors (Lipinski definition) is 7. The predicted octanol–water partition coefficient (Wildman–Crippen LogP) is -2.46. The van der Waals surface area contributed by atoms with Gasteiger partial charge < -0.3 is 29.9 Å². The Kier molecular flexibility index (Phi) is 5.63. The minimum atomic E-state index is -1.72. The zero-order valence-corrected chi connectivity index (χ0v) is 9.52. The zero-order valence-electron chi connectivity index (χ0n) is 7.81. The van der Waals surface area contributed by atoms with Crippen molar-refractivity contribution in [3.05, 3.63) is 0 Å². The summed E-state index contributed by atoms with van der Waals surface area (Å²) in [5.41, 5.74) is 0. The molecule has 0 spiro atoms. The Balaban J connectivity index is 0.00000196. The smallest absolute Gasteiger partial charge is 0.337 e. The minimum Gasteiger partial charge on any atom is -0.467 e. The van der Waals surface area contributed by atoms with Gasteiger partial charge in [0.2, 0.25) is 0 Å². The third kappa shape index (κ3) is 2.86. The molecule has 15 heavy (non-hydrogen) atoms. The molecule has 8 heteroatoms. The molecule has 0 aliphatic carbocycles. The zero-order chi connectivity index (χ0) is 10.9. The third-order valence-corrected chi connectivity index (χ3v) is 2.02. The Hall–Kier alpha value is -0.250. The highest BCUT2D eigenvalue weighted by molar-refractivity contribution is 8.93. The van der Waals surface area contributed by atoms with Crippen molar-refractivity contribution in [2.45, 2.75) is 30.7 Å². The van der Waals surface area contributed by atoms with Crippen LogP contribution < -0.4 is 0 Å². The van der Waals surface area contributed by atoms with Gasteiger partial charge in [-0.1, -0.05) is 0 Å². The van der Waals surface area contributed by atoms with Crippen LogP contribution in [0.4, 0.5) is 0 Å². The first kappa shape index (κ1) is 14.8. The quantitative estimate of drug-likeness (QED) is 0.395. The second-order valence-electron chi connectivity index (χ2n) is 2.94. The maximum atomic E-state index is 11.0. The van der Waals surface area contributed by atoms with Crippen molar-refractivity contribution in [2.75, 3.05) is 7.11 Å². The van der Waals surface area contributed by atoms with Gasteiger partial charge in [0.25, 0.3) is 0 Å². The Bertz CT molecular complexity index is 223. The van der Waals surface area contributed by atoms with E-state index in [1.165, 1.54) is 0 Å². The minimum absolute atomic E-state index is 0. The fourth-order valence-electron chi connectivity index (χ4n) is 1.17. The van der Waals surface area contributed by atoms with Crippen LogP contribution in [0.2, 0.25) is 0 Å². The highest BCUT2D eigenvalue weighted by Crippen LogP contribution is 2.20. The highest BCUT2D eigenvalue weighted by Gasteiger charge is 2.46. The molecule has 1 rings (SSSR count). The maximum absolute atomic E-state index is 11.0. The summed E-state index contributed by atoms with van der Waals surface area (Å²) >= 11 is 0. The van der Waals surface area contributed by atoms with Gasteiger partial charge >= 0.3 is 5.97 Å². The van der Waals surface area contributed by atoms with Crippen LogP contribution >= 0.6 is 17.0 Å². The van der Waals surface area contributed by atoms with Gasteiger partial charge in [-0.3, -0.25) is 0 Å². The summed E-state index contributed by atoms with van der Waals surface area (Å²) in [7, 11) is 1.07. The molecule has 1 fully saturated rings. The molecule has 1 aliphatic heterocycles. The molecule has 0 bridgehead atoms. The lowest BCUT2D eigenvalue weighted by molar-refractivity contribution is -0.280. The molecule has 0 radical (unpaired) electrons. The van der Waals surface area contributed by atoms with Crippen molar-refractivity contribution in [3.63, 3.8) is 0 Å². The van der Waals surface area contributed by atoms with Crippen molar-refractivity contribution in [3.8, 4) is 0 Å². The SMILES string of the molecule is Br.COC(=O)[C@H]1O[C@H](O)[C@H](O)[C@@H](O)[C@@H]1O. The molecule has 0 aromatic rings. The van der Waals surface area contributed by atoms with Crippen molar-refractivity contribution >= 4 is 23.0 Å². The van der Waals surface area contributed by atoms with E-state index in [0.717, 1.165) is 7.11 Å². The van der Waals surface area contributed by atoms with Crippen LogP contribution in [-0.2, 0) is 14.3 Å². The summed E-state index contributed by atoms with van der Waals surface area (Å²) in [6.45, 7) is 0. The van der Waals surface area contributed by atoms with Crippen LogP contribution in [0, 0.1) is 0 Å². The summed E-state index contributed by atoms with van der Waals surface area (Å²) in [5, 5.41) is 36.5. The van der Waals surface area contributed by atoms with E-state index >= 15 is 0 Å². The van der Waals surface area contributed by atoms with E-state index in [1.54, 1.807) is 0 Å². The van der Waals surface area contributed by atoms with Crippen LogP contribution in [0.3, 0.4) is 0 Å². The molecule has 1 aliphatic rings. The number of hydrogen-bond donors (Lipinski definition) is 4. The molecular formula is C7H13BrO7. The summed E-state index contributed by atoms with van der Waals surface area (Å²) in [4.78, 5) is 11.0. The molecule has 0 amide bonds. The summed E-state index contributed by atoms with van der Waals surface area (Å²) < 4.78 is 8.82. The number of methoxy groups -OCH3 is 1. The first-order valence-electron chi connectivity index (χ1n) is 3.94. The monoisotopic (exact) mass is 288 g/mol. The van der Waals surface area contributed by atoms with Gasteiger partial charge in [0.1, 0.15) is 18.3 Å². The number of halogens is 1. The van der Waals surface area contributed by atoms with E-state index in [2.05, 4.69) is 9.47 Å². The highest BCUT2D eigenvalue weighted by atomic mass is 79.9. The van der Waals surface area contributed by atoms with E-state index in [1.807, 2.05) is 0 Å². The van der Waals surface area contributed by atoms with E-state index < -0.39 is 36.7 Å². The largest absolute Gasteiger partial charge is 0.467 e. The van der Waals surface area contributed by atoms with Crippen LogP contribution in [0.15, 0.2) is 0 Å². The van der Waals surface area contributed by atoms with E-state index in [4.69, 9.17) is 10.2 Å². The van der Waals surface area contributed by atoms with Crippen molar-refractivity contribution < 1.29 is 34.7 Å². The Morgan fingerprint density at radius 1 is 1.13 bits per heavy atom. The molecule has 7 nitrogen and oxygen atoms in total. The molecular weight excluding hydrogens is 276 g/mol. The number of aliphatic hydroxyl groups is 4. The number of esters is 1. The van der Waals surface area contributed by atoms with Gasteiger partial charge in [-0.05, 0) is 0 Å². The molecule has 0 aromatic heterocycles. The van der Waals surface area contributed by atoms with Gasteiger partial charge in [0.05, 0.1) is 7.11 Å². The molecule has 90 valence electrons. The number of carbonyl (C=O) groups is 1. The van der Waals surface area contributed by atoms with Crippen LogP contribution in [-0.4, -0.2) is 64.2 Å². The van der Waals surface area contributed by atoms with Crippen LogP contribution in [0.5, 0.6) is 0 Å². The van der Waals surface area contributed by atoms with Crippen molar-refractivity contribution in [1.82, 2.24) is 0 Å². The molecule has 1 saturated heterocycles. The normalized spacial score (nSPS) is 40.5. The lowest BCUT2D eigenvalue weighted by Gasteiger charge is -2.36. The topological polar surface area (TPSA) is 116 Å². The summed E-state index contributed by atoms with van der Waals surface area (Å²) in [6.07, 6.45) is -8.14. The van der Waals surface area contributed by atoms with Crippen molar-refractivity contribution in [1.29, 1.82) is 0 Å². The van der Waals surface area contributed by atoms with E-state index in [0.29, 0.717) is 0 Å². The molecule has 4 N–H and O–H groups in total. The number of ether oxygens (including phenoxy) is 2. The predicted molar refractivity (Wildman–Crippen MR) is 51.2 cm³/mol. The number of carbonyl (C=O) groups excluding carboxylic acids is 1. The molecule has 0 aromatic carbocycles. The standard InChI is InChI=1S/C7H12O7.BrH/c1-13-7(12)5-3(9)2(8)4(10)6(11)14-5;/h2-6,8-11H,1H3;1H/t2-,3-,4+,5-,6-;/m0./s1. The Morgan fingerprint density at radius 3 is 2.13 bits per heavy atom. The van der Waals surface area contributed by atoms with Crippen LogP contribution in [0.1, 0.15) is 0 Å². The molecule has 0 unspecified atom stereocenters. The molecule has 5 atom stereocenters. The second kappa shape index (κ2) is 5.73. The molecule has 1 heterocycles. The number of rotatable bonds is 1. The maximum Gasteiger partial charge on any atom is 0.337 e. The first-order chi connectivity index (χ1) is 6.49. The second-order valence-corrected chi connectivity index (χ2v) is 2.94. The fourth-order valence-corrected chi connectivity index (χ4v) is 1.17. The van der Waals surface area contributed by atoms with Gasteiger partial charge in [-0.15, -0.1) is 17.0 Å². The van der Waals surface area contributed by atoms with Gasteiger partial charge in [-0.2, -0.15) is 0 Å². The lowest BCUT2D eigenvalue weighted by atomic mass is 9.99. The van der Waals surface area contributed by atoms with Crippen molar-refractivity contribution in [2.24, 2.45) is 0 Å². The Labute approximate surface area is 96.0 Å².